The molecule has 1 aliphatic heterocycles. The molecule has 216 valence electrons. The van der Waals surface area contributed by atoms with Gasteiger partial charge in [-0.3, -0.25) is 9.63 Å². The van der Waals surface area contributed by atoms with Gasteiger partial charge >= 0.3 is 0 Å². The first kappa shape index (κ1) is 28.5. The van der Waals surface area contributed by atoms with Crippen molar-refractivity contribution in [3.8, 4) is 11.5 Å². The number of hydrogen-bond donors (Lipinski definition) is 2. The van der Waals surface area contributed by atoms with E-state index in [2.05, 4.69) is 27.2 Å². The minimum Gasteiger partial charge on any atom is -0.494 e. The number of aromatic nitrogens is 2. The zero-order valence-electron chi connectivity index (χ0n) is 23.1. The largest absolute Gasteiger partial charge is 0.494 e. The van der Waals surface area contributed by atoms with Gasteiger partial charge in [0.25, 0.3) is 0 Å². The number of aryl methyl sites for hydroxylation is 1. The lowest BCUT2D eigenvalue weighted by Crippen LogP contribution is -2.22. The zero-order chi connectivity index (χ0) is 29.6. The van der Waals surface area contributed by atoms with Crippen LogP contribution in [0.25, 0.3) is 0 Å². The maximum Gasteiger partial charge on any atom is 0.247 e. The second kappa shape index (κ2) is 12.6. The minimum atomic E-state index is -0.665. The standard InChI is InChI=1S/C31H29F2N5O4/c1-4-31(39)37-24-15-25(28(40-3)14-23(24)33)36-29-16-30(35-18-34-29)38-26(10-11-42-38)21-9-8-19(2)27(13-21)41-17-20-6-5-7-22(32)12-20/h4-9,12-16,18,26H,1,10-11,17H2,2-3H3,(H,37,39)(H,34,35,36). The van der Waals surface area contributed by atoms with Crippen molar-refractivity contribution in [1.29, 1.82) is 0 Å². The van der Waals surface area contributed by atoms with Gasteiger partial charge in [-0.2, -0.15) is 0 Å². The van der Waals surface area contributed by atoms with E-state index < -0.39 is 11.7 Å². The number of anilines is 4. The summed E-state index contributed by atoms with van der Waals surface area (Å²) in [6.07, 6.45) is 3.14. The van der Waals surface area contributed by atoms with E-state index in [9.17, 15) is 13.6 Å². The number of carbonyl (C=O) groups excluding carboxylic acids is 1. The predicted octanol–water partition coefficient (Wildman–Crippen LogP) is 6.40. The molecule has 0 bridgehead atoms. The van der Waals surface area contributed by atoms with Crippen LogP contribution in [0.3, 0.4) is 0 Å². The van der Waals surface area contributed by atoms with Crippen LogP contribution in [-0.4, -0.2) is 29.6 Å². The number of nitrogens with one attached hydrogen (secondary N) is 2. The number of carbonyl (C=O) groups is 1. The van der Waals surface area contributed by atoms with E-state index in [1.807, 2.05) is 31.2 Å². The van der Waals surface area contributed by atoms with Crippen LogP contribution in [0.15, 0.2) is 79.6 Å². The Kier molecular flexibility index (Phi) is 8.58. The molecule has 2 heterocycles. The third-order valence-corrected chi connectivity index (χ3v) is 6.66. The number of ether oxygens (including phenoxy) is 2. The van der Waals surface area contributed by atoms with Crippen LogP contribution >= 0.6 is 0 Å². The highest BCUT2D eigenvalue weighted by Crippen LogP contribution is 2.38. The lowest BCUT2D eigenvalue weighted by Gasteiger charge is -2.25. The Bertz CT molecular complexity index is 1620. The first-order valence-corrected chi connectivity index (χ1v) is 13.1. The Morgan fingerprint density at radius 3 is 2.76 bits per heavy atom. The molecule has 1 amide bonds. The monoisotopic (exact) mass is 573 g/mol. The third kappa shape index (κ3) is 6.47. The van der Waals surface area contributed by atoms with Crippen LogP contribution in [0.1, 0.15) is 29.2 Å². The summed E-state index contributed by atoms with van der Waals surface area (Å²) in [6, 6.07) is 16.4. The lowest BCUT2D eigenvalue weighted by molar-refractivity contribution is -0.111. The third-order valence-electron chi connectivity index (χ3n) is 6.66. The Labute approximate surface area is 241 Å². The maximum atomic E-state index is 14.5. The molecule has 0 spiro atoms. The van der Waals surface area contributed by atoms with Gasteiger partial charge in [-0.25, -0.2) is 23.8 Å². The van der Waals surface area contributed by atoms with Crippen molar-refractivity contribution in [2.75, 3.05) is 29.4 Å². The normalized spacial score (nSPS) is 14.4. The minimum absolute atomic E-state index is 0.0461. The smallest absolute Gasteiger partial charge is 0.247 e. The zero-order valence-corrected chi connectivity index (χ0v) is 23.1. The molecule has 1 atom stereocenters. The fourth-order valence-corrected chi connectivity index (χ4v) is 4.54. The fraction of sp³-hybridized carbons (Fsp3) is 0.194. The van der Waals surface area contributed by atoms with E-state index in [1.54, 1.807) is 17.2 Å². The highest BCUT2D eigenvalue weighted by molar-refractivity contribution is 5.99. The van der Waals surface area contributed by atoms with Gasteiger partial charge in [-0.05, 0) is 54.0 Å². The lowest BCUT2D eigenvalue weighted by atomic mass is 10.0. The molecule has 0 aliphatic carbocycles. The number of halogens is 2. The quantitative estimate of drug-likeness (QED) is 0.210. The Hall–Kier alpha value is -5.03. The maximum absolute atomic E-state index is 14.5. The molecule has 1 aliphatic rings. The number of amides is 1. The molecule has 0 radical (unpaired) electrons. The summed E-state index contributed by atoms with van der Waals surface area (Å²) < 4.78 is 39.5. The van der Waals surface area contributed by atoms with E-state index in [0.717, 1.165) is 28.8 Å². The van der Waals surface area contributed by atoms with Crippen molar-refractivity contribution < 1.29 is 27.9 Å². The Balaban J connectivity index is 1.36. The van der Waals surface area contributed by atoms with Crippen molar-refractivity contribution >= 4 is 28.9 Å². The first-order valence-electron chi connectivity index (χ1n) is 13.1. The molecular formula is C31H29F2N5O4. The summed E-state index contributed by atoms with van der Waals surface area (Å²) >= 11 is 0. The van der Waals surface area contributed by atoms with Crippen LogP contribution in [0.2, 0.25) is 0 Å². The van der Waals surface area contributed by atoms with Crippen LogP contribution < -0.4 is 25.2 Å². The number of benzene rings is 3. The molecule has 2 N–H and O–H groups in total. The molecule has 42 heavy (non-hydrogen) atoms. The predicted molar refractivity (Wildman–Crippen MR) is 155 cm³/mol. The number of methoxy groups -OCH3 is 1. The summed E-state index contributed by atoms with van der Waals surface area (Å²) in [7, 11) is 1.41. The van der Waals surface area contributed by atoms with Crippen LogP contribution in [0, 0.1) is 18.6 Å². The second-order valence-electron chi connectivity index (χ2n) is 9.52. The molecule has 1 unspecified atom stereocenters. The first-order chi connectivity index (χ1) is 20.3. The van der Waals surface area contributed by atoms with Gasteiger partial charge in [-0.1, -0.05) is 30.8 Å². The SMILES string of the molecule is C=CC(=O)Nc1cc(Nc2cc(N3OCCC3c3ccc(C)c(OCc4cccc(F)c4)c3)ncn2)c(OC)cc1F. The summed E-state index contributed by atoms with van der Waals surface area (Å²) in [4.78, 5) is 26.4. The van der Waals surface area contributed by atoms with Crippen LogP contribution in [0.5, 0.6) is 11.5 Å². The van der Waals surface area contributed by atoms with Gasteiger partial charge in [0.15, 0.2) is 11.6 Å². The van der Waals surface area contributed by atoms with Gasteiger partial charge in [0, 0.05) is 18.6 Å². The number of hydroxylamine groups is 1. The molecule has 1 saturated heterocycles. The van der Waals surface area contributed by atoms with Crippen molar-refractivity contribution in [1.82, 2.24) is 9.97 Å². The van der Waals surface area contributed by atoms with Crippen molar-refractivity contribution in [3.05, 3.63) is 108 Å². The summed E-state index contributed by atoms with van der Waals surface area (Å²) in [5, 5.41) is 7.25. The van der Waals surface area contributed by atoms with Gasteiger partial charge in [0.1, 0.15) is 36.1 Å². The van der Waals surface area contributed by atoms with E-state index in [4.69, 9.17) is 14.3 Å². The molecule has 11 heteroatoms. The van der Waals surface area contributed by atoms with E-state index in [-0.39, 0.29) is 29.9 Å². The fourth-order valence-electron chi connectivity index (χ4n) is 4.54. The van der Waals surface area contributed by atoms with Gasteiger partial charge < -0.3 is 20.1 Å². The van der Waals surface area contributed by atoms with E-state index in [1.165, 1.54) is 31.6 Å². The van der Waals surface area contributed by atoms with E-state index in [0.29, 0.717) is 36.1 Å². The Morgan fingerprint density at radius 1 is 1.12 bits per heavy atom. The highest BCUT2D eigenvalue weighted by Gasteiger charge is 2.30. The number of rotatable bonds is 10. The molecule has 9 nitrogen and oxygen atoms in total. The molecule has 5 rings (SSSR count). The molecule has 0 saturated carbocycles. The van der Waals surface area contributed by atoms with Crippen LogP contribution in [-0.2, 0) is 16.2 Å². The summed E-state index contributed by atoms with van der Waals surface area (Å²) in [5.41, 5.74) is 2.98. The van der Waals surface area contributed by atoms with Crippen molar-refractivity contribution in [3.63, 3.8) is 0 Å². The summed E-state index contributed by atoms with van der Waals surface area (Å²) in [5.74, 6) is 0.271. The van der Waals surface area contributed by atoms with Gasteiger partial charge in [0.2, 0.25) is 5.91 Å². The second-order valence-corrected chi connectivity index (χ2v) is 9.52. The molecule has 1 aromatic heterocycles. The van der Waals surface area contributed by atoms with Crippen molar-refractivity contribution in [2.24, 2.45) is 0 Å². The molecule has 1 fully saturated rings. The Morgan fingerprint density at radius 2 is 1.98 bits per heavy atom. The average molecular weight is 574 g/mol. The van der Waals surface area contributed by atoms with Crippen molar-refractivity contribution in [2.45, 2.75) is 26.0 Å². The molecule has 4 aromatic rings. The van der Waals surface area contributed by atoms with Gasteiger partial charge in [0.05, 0.1) is 31.1 Å². The highest BCUT2D eigenvalue weighted by atomic mass is 19.1. The summed E-state index contributed by atoms with van der Waals surface area (Å²) in [6.45, 7) is 6.05. The molecule has 3 aromatic carbocycles. The molecular weight excluding hydrogens is 544 g/mol. The van der Waals surface area contributed by atoms with Crippen LogP contribution in [0.4, 0.5) is 31.8 Å². The average Bonchev–Trinajstić information content (AvgIpc) is 3.48. The number of nitrogens with zero attached hydrogens (tertiary/aromatic N) is 3. The number of hydrogen-bond acceptors (Lipinski definition) is 8. The van der Waals surface area contributed by atoms with E-state index >= 15 is 0 Å². The topological polar surface area (TPSA) is 97.8 Å². The van der Waals surface area contributed by atoms with Gasteiger partial charge in [-0.15, -0.1) is 0 Å².